The molecule has 1 saturated heterocycles. The number of hydrogen-bond donors (Lipinski definition) is 2. The normalized spacial score (nSPS) is 15.7. The lowest BCUT2D eigenvalue weighted by molar-refractivity contribution is 0.00534. The molecule has 0 aromatic heterocycles. The summed E-state index contributed by atoms with van der Waals surface area (Å²) in [6, 6.07) is 14.1. The number of benzene rings is 2. The van der Waals surface area contributed by atoms with E-state index < -0.39 is 5.82 Å². The molecule has 0 spiro atoms. The molecule has 7 heteroatoms. The number of ether oxygens (including phenoxy) is 1. The van der Waals surface area contributed by atoms with Crippen molar-refractivity contribution in [2.75, 3.05) is 39.8 Å². The van der Waals surface area contributed by atoms with E-state index in [9.17, 15) is 8.78 Å². The van der Waals surface area contributed by atoms with Crippen LogP contribution in [0.2, 0.25) is 0 Å². The first-order valence-electron chi connectivity index (χ1n) is 11.4. The fourth-order valence-corrected chi connectivity index (χ4v) is 3.88. The van der Waals surface area contributed by atoms with E-state index in [1.54, 1.807) is 7.05 Å². The molecule has 2 N–H and O–H groups in total. The smallest absolute Gasteiger partial charge is 0.190 e. The molecule has 0 aliphatic carbocycles. The minimum Gasteiger partial charge on any atom is -0.378 e. The van der Waals surface area contributed by atoms with Crippen LogP contribution in [-0.4, -0.2) is 56.8 Å². The molecule has 2 aromatic rings. The number of aliphatic imine (C=N–C) groups is 1. The predicted molar refractivity (Wildman–Crippen MR) is 125 cm³/mol. The van der Waals surface area contributed by atoms with Crippen LogP contribution in [0.15, 0.2) is 53.5 Å². The van der Waals surface area contributed by atoms with Gasteiger partial charge in [-0.3, -0.25) is 9.89 Å². The van der Waals surface area contributed by atoms with Crippen LogP contribution >= 0.6 is 0 Å². The van der Waals surface area contributed by atoms with Gasteiger partial charge in [-0.05, 0) is 55.0 Å². The van der Waals surface area contributed by atoms with Gasteiger partial charge in [0.2, 0.25) is 0 Å². The molecule has 0 atom stereocenters. The molecule has 2 aromatic carbocycles. The molecule has 1 fully saturated rings. The summed E-state index contributed by atoms with van der Waals surface area (Å²) in [5.74, 6) is -0.166. The standard InChI is InChI=1S/C25H34F2N4O/c1-28-25(30-14-10-21-18-22(26)8-9-24(21)27)29-13-5-17-32-23-11-15-31(16-12-23)19-20-6-3-2-4-7-20/h2-4,6-9,18,23H,5,10-17,19H2,1H3,(H2,28,29,30). The molecule has 174 valence electrons. The van der Waals surface area contributed by atoms with Gasteiger partial charge < -0.3 is 15.4 Å². The van der Waals surface area contributed by atoms with Crippen LogP contribution in [0.25, 0.3) is 0 Å². The van der Waals surface area contributed by atoms with Gasteiger partial charge in [0, 0.05) is 46.4 Å². The first-order valence-corrected chi connectivity index (χ1v) is 11.4. The Hall–Kier alpha value is -2.51. The molecule has 0 bridgehead atoms. The maximum absolute atomic E-state index is 13.7. The summed E-state index contributed by atoms with van der Waals surface area (Å²) in [5.41, 5.74) is 1.72. The van der Waals surface area contributed by atoms with Gasteiger partial charge >= 0.3 is 0 Å². The second-order valence-corrected chi connectivity index (χ2v) is 8.10. The molecule has 0 amide bonds. The third-order valence-corrected chi connectivity index (χ3v) is 5.67. The van der Waals surface area contributed by atoms with E-state index in [4.69, 9.17) is 4.74 Å². The van der Waals surface area contributed by atoms with E-state index in [0.29, 0.717) is 37.2 Å². The Bertz CT molecular complexity index is 839. The van der Waals surface area contributed by atoms with Crippen molar-refractivity contribution in [3.63, 3.8) is 0 Å². The molecule has 1 aliphatic heterocycles. The molecule has 1 aliphatic rings. The summed E-state index contributed by atoms with van der Waals surface area (Å²) in [4.78, 5) is 6.66. The average Bonchev–Trinajstić information content (AvgIpc) is 2.81. The number of hydrogen-bond acceptors (Lipinski definition) is 3. The second-order valence-electron chi connectivity index (χ2n) is 8.10. The minimum absolute atomic E-state index is 0.334. The van der Waals surface area contributed by atoms with E-state index >= 15 is 0 Å². The quantitative estimate of drug-likeness (QED) is 0.333. The molecule has 0 radical (unpaired) electrons. The summed E-state index contributed by atoms with van der Waals surface area (Å²) in [7, 11) is 1.69. The van der Waals surface area contributed by atoms with Crippen molar-refractivity contribution >= 4 is 5.96 Å². The summed E-state index contributed by atoms with van der Waals surface area (Å²) < 4.78 is 33.0. The molecule has 5 nitrogen and oxygen atoms in total. The van der Waals surface area contributed by atoms with Crippen molar-refractivity contribution in [1.82, 2.24) is 15.5 Å². The summed E-state index contributed by atoms with van der Waals surface area (Å²) in [6.45, 7) is 5.07. The molecular formula is C25H34F2N4O. The van der Waals surface area contributed by atoms with Gasteiger partial charge in [-0.2, -0.15) is 0 Å². The predicted octanol–water partition coefficient (Wildman–Crippen LogP) is 3.74. The summed E-state index contributed by atoms with van der Waals surface area (Å²) in [5, 5.41) is 6.37. The van der Waals surface area contributed by atoms with Crippen LogP contribution in [0.1, 0.15) is 30.4 Å². The van der Waals surface area contributed by atoms with E-state index in [1.165, 1.54) is 11.6 Å². The second kappa shape index (κ2) is 13.1. The van der Waals surface area contributed by atoms with Gasteiger partial charge in [0.05, 0.1) is 6.10 Å². The maximum atomic E-state index is 13.7. The Balaban J connectivity index is 1.24. The molecule has 32 heavy (non-hydrogen) atoms. The van der Waals surface area contributed by atoms with Crippen LogP contribution < -0.4 is 10.6 Å². The molecule has 3 rings (SSSR count). The minimum atomic E-state index is -0.425. The van der Waals surface area contributed by atoms with Crippen LogP contribution in [-0.2, 0) is 17.7 Å². The number of piperidine rings is 1. The zero-order valence-corrected chi connectivity index (χ0v) is 18.8. The van der Waals surface area contributed by atoms with Gasteiger partial charge in [-0.15, -0.1) is 0 Å². The van der Waals surface area contributed by atoms with Crippen LogP contribution in [0.5, 0.6) is 0 Å². The molecule has 0 saturated carbocycles. The Morgan fingerprint density at radius 3 is 2.56 bits per heavy atom. The van der Waals surface area contributed by atoms with Crippen molar-refractivity contribution in [3.05, 3.63) is 71.3 Å². The van der Waals surface area contributed by atoms with Gasteiger partial charge in [0.15, 0.2) is 5.96 Å². The number of rotatable bonds is 10. The van der Waals surface area contributed by atoms with E-state index in [2.05, 4.69) is 50.9 Å². The number of guanidine groups is 1. The highest BCUT2D eigenvalue weighted by atomic mass is 19.1. The monoisotopic (exact) mass is 444 g/mol. The average molecular weight is 445 g/mol. The Labute approximate surface area is 189 Å². The largest absolute Gasteiger partial charge is 0.378 e. The molecule has 1 heterocycles. The first kappa shape index (κ1) is 24.1. The zero-order valence-electron chi connectivity index (χ0n) is 18.8. The van der Waals surface area contributed by atoms with Crippen LogP contribution in [0, 0.1) is 11.6 Å². The fourth-order valence-electron chi connectivity index (χ4n) is 3.88. The lowest BCUT2D eigenvalue weighted by Crippen LogP contribution is -2.39. The van der Waals surface area contributed by atoms with Gasteiger partial charge in [-0.1, -0.05) is 30.3 Å². The highest BCUT2D eigenvalue weighted by Crippen LogP contribution is 2.16. The van der Waals surface area contributed by atoms with E-state index in [-0.39, 0.29) is 5.82 Å². The maximum Gasteiger partial charge on any atom is 0.190 e. The topological polar surface area (TPSA) is 48.9 Å². The molecule has 0 unspecified atom stereocenters. The van der Waals surface area contributed by atoms with Crippen molar-refractivity contribution in [3.8, 4) is 0 Å². The van der Waals surface area contributed by atoms with Gasteiger partial charge in [-0.25, -0.2) is 8.78 Å². The van der Waals surface area contributed by atoms with Crippen molar-refractivity contribution in [2.24, 2.45) is 4.99 Å². The zero-order chi connectivity index (χ0) is 22.6. The highest BCUT2D eigenvalue weighted by Gasteiger charge is 2.19. The van der Waals surface area contributed by atoms with Crippen molar-refractivity contribution in [1.29, 1.82) is 0 Å². The summed E-state index contributed by atoms with van der Waals surface area (Å²) in [6.07, 6.45) is 3.74. The Morgan fingerprint density at radius 2 is 1.81 bits per heavy atom. The number of nitrogens with zero attached hydrogens (tertiary/aromatic N) is 2. The van der Waals surface area contributed by atoms with Crippen molar-refractivity contribution in [2.45, 2.75) is 38.3 Å². The van der Waals surface area contributed by atoms with E-state index in [1.807, 2.05) is 0 Å². The highest BCUT2D eigenvalue weighted by molar-refractivity contribution is 5.79. The third-order valence-electron chi connectivity index (χ3n) is 5.67. The SMILES string of the molecule is CN=C(NCCCOC1CCN(Cc2ccccc2)CC1)NCCc1cc(F)ccc1F. The van der Waals surface area contributed by atoms with Crippen molar-refractivity contribution < 1.29 is 13.5 Å². The van der Waals surface area contributed by atoms with Crippen LogP contribution in [0.4, 0.5) is 8.78 Å². The fraction of sp³-hybridized carbons (Fsp3) is 0.480. The number of nitrogens with one attached hydrogen (secondary N) is 2. The lowest BCUT2D eigenvalue weighted by Gasteiger charge is -2.32. The van der Waals surface area contributed by atoms with Gasteiger partial charge in [0.25, 0.3) is 0 Å². The van der Waals surface area contributed by atoms with Crippen LogP contribution in [0.3, 0.4) is 0 Å². The number of likely N-dealkylation sites (tertiary alicyclic amines) is 1. The first-order chi connectivity index (χ1) is 15.6. The lowest BCUT2D eigenvalue weighted by atomic mass is 10.1. The number of halogens is 2. The third kappa shape index (κ3) is 8.20. The Kier molecular flexibility index (Phi) is 9.91. The van der Waals surface area contributed by atoms with Gasteiger partial charge in [0.1, 0.15) is 11.6 Å². The summed E-state index contributed by atoms with van der Waals surface area (Å²) >= 11 is 0. The molecular weight excluding hydrogens is 410 g/mol. The Morgan fingerprint density at radius 1 is 1.06 bits per heavy atom. The van der Waals surface area contributed by atoms with E-state index in [0.717, 1.165) is 57.6 Å².